The first-order valence-electron chi connectivity index (χ1n) is 4.81. The van der Waals surface area contributed by atoms with Gasteiger partial charge in [-0.25, -0.2) is 0 Å². The number of fused-ring (bicyclic) bond motifs is 2. The molecule has 0 fully saturated rings. The van der Waals surface area contributed by atoms with Crippen LogP contribution in [0.5, 0.6) is 0 Å². The molecular weight excluding hydrogens is 258 g/mol. The minimum absolute atomic E-state index is 0.734. The number of benzene rings is 2. The number of anilines is 2. The van der Waals surface area contributed by atoms with E-state index in [0.29, 0.717) is 0 Å². The van der Waals surface area contributed by atoms with E-state index in [2.05, 4.69) is 24.9 Å². The van der Waals surface area contributed by atoms with Crippen LogP contribution in [0.3, 0.4) is 0 Å². The lowest BCUT2D eigenvalue weighted by molar-refractivity contribution is 1.25. The highest BCUT2D eigenvalue weighted by molar-refractivity contribution is 8.00. The van der Waals surface area contributed by atoms with E-state index >= 15 is 0 Å². The van der Waals surface area contributed by atoms with Gasteiger partial charge in [0.2, 0.25) is 0 Å². The second-order valence-electron chi connectivity index (χ2n) is 3.49. The molecule has 0 radical (unpaired) electrons. The molecule has 0 spiro atoms. The van der Waals surface area contributed by atoms with Crippen molar-refractivity contribution in [3.8, 4) is 0 Å². The summed E-state index contributed by atoms with van der Waals surface area (Å²) in [6.07, 6.45) is 0. The Kier molecular flexibility index (Phi) is 2.54. The van der Waals surface area contributed by atoms with Crippen molar-refractivity contribution in [2.75, 3.05) is 4.31 Å². The molecule has 2 aromatic carbocycles. The summed E-state index contributed by atoms with van der Waals surface area (Å²) in [5, 5.41) is 0.734. The Balaban J connectivity index is 2.19. The molecule has 2 aromatic rings. The molecule has 1 aliphatic rings. The van der Waals surface area contributed by atoms with E-state index in [1.165, 1.54) is 9.79 Å². The Hall–Kier alpha value is -0.770. The first-order valence-corrected chi connectivity index (χ1v) is 6.40. The highest BCUT2D eigenvalue weighted by Crippen LogP contribution is 2.49. The maximum atomic E-state index is 6.00. The smallest absolute Gasteiger partial charge is 0.0677 e. The van der Waals surface area contributed by atoms with Gasteiger partial charge in [0.05, 0.1) is 11.4 Å². The van der Waals surface area contributed by atoms with Gasteiger partial charge in [0.25, 0.3) is 0 Å². The molecule has 80 valence electrons. The summed E-state index contributed by atoms with van der Waals surface area (Å²) in [5.74, 6) is 0. The maximum absolute atomic E-state index is 6.00. The molecule has 1 heterocycles. The van der Waals surface area contributed by atoms with Crippen molar-refractivity contribution in [2.24, 2.45) is 0 Å². The molecule has 0 amide bonds. The lowest BCUT2D eigenvalue weighted by atomic mass is 10.2. The topological polar surface area (TPSA) is 3.24 Å². The molecule has 3 rings (SSSR count). The average Bonchev–Trinajstić information content (AvgIpc) is 2.31. The molecule has 0 unspecified atom stereocenters. The second-order valence-corrected chi connectivity index (χ2v) is 5.41. The van der Waals surface area contributed by atoms with Crippen LogP contribution in [-0.4, -0.2) is 0 Å². The molecule has 0 saturated heterocycles. The SMILES string of the molecule is SN1c2ccccc2Sc2ccc(Cl)cc21. The van der Waals surface area contributed by atoms with Crippen LogP contribution in [0.15, 0.2) is 52.3 Å². The van der Waals surface area contributed by atoms with Crippen molar-refractivity contribution in [1.29, 1.82) is 0 Å². The minimum Gasteiger partial charge on any atom is -0.285 e. The van der Waals surface area contributed by atoms with Gasteiger partial charge >= 0.3 is 0 Å². The molecule has 0 bridgehead atoms. The molecule has 0 aromatic heterocycles. The standard InChI is InChI=1S/C12H8ClNS2/c13-8-5-6-12-10(7-8)14(15)9-3-1-2-4-11(9)16-12/h1-7,15H. The Morgan fingerprint density at radius 1 is 1.00 bits per heavy atom. The number of para-hydroxylation sites is 1. The largest absolute Gasteiger partial charge is 0.285 e. The van der Waals surface area contributed by atoms with E-state index in [1.54, 1.807) is 11.8 Å². The zero-order chi connectivity index (χ0) is 11.1. The summed E-state index contributed by atoms with van der Waals surface area (Å²) >= 11 is 12.3. The lowest BCUT2D eigenvalue weighted by Gasteiger charge is -2.27. The van der Waals surface area contributed by atoms with Gasteiger partial charge in [-0.3, -0.25) is 4.31 Å². The van der Waals surface area contributed by atoms with Crippen molar-refractivity contribution in [3.05, 3.63) is 47.5 Å². The predicted octanol–water partition coefficient (Wildman–Crippen LogP) is 4.79. The number of rotatable bonds is 0. The molecule has 4 heteroatoms. The molecular formula is C12H8ClNS2. The summed E-state index contributed by atoms with van der Waals surface area (Å²) < 4.78 is 1.88. The van der Waals surface area contributed by atoms with Gasteiger partial charge in [-0.05, 0) is 30.3 Å². The third kappa shape index (κ3) is 1.59. The van der Waals surface area contributed by atoms with E-state index < -0.39 is 0 Å². The number of hydrogen-bond acceptors (Lipinski definition) is 3. The van der Waals surface area contributed by atoms with E-state index in [9.17, 15) is 0 Å². The highest BCUT2D eigenvalue weighted by atomic mass is 35.5. The van der Waals surface area contributed by atoms with Crippen molar-refractivity contribution in [3.63, 3.8) is 0 Å². The van der Waals surface area contributed by atoms with Gasteiger partial charge < -0.3 is 0 Å². The van der Waals surface area contributed by atoms with Crippen LogP contribution in [0.1, 0.15) is 0 Å². The lowest BCUT2D eigenvalue weighted by Crippen LogP contribution is -2.08. The van der Waals surface area contributed by atoms with Crippen molar-refractivity contribution in [2.45, 2.75) is 9.79 Å². The Morgan fingerprint density at radius 2 is 1.75 bits per heavy atom. The number of nitrogens with zero attached hydrogens (tertiary/aromatic N) is 1. The molecule has 1 aliphatic heterocycles. The third-order valence-corrected chi connectivity index (χ3v) is 4.26. The highest BCUT2D eigenvalue weighted by Gasteiger charge is 2.20. The Bertz CT molecular complexity index is 556. The molecule has 1 nitrogen and oxygen atoms in total. The fourth-order valence-corrected chi connectivity index (χ4v) is 3.39. The van der Waals surface area contributed by atoms with Crippen LogP contribution in [0.2, 0.25) is 5.02 Å². The number of thiol groups is 1. The zero-order valence-electron chi connectivity index (χ0n) is 8.22. The molecule has 16 heavy (non-hydrogen) atoms. The van der Waals surface area contributed by atoms with Crippen LogP contribution in [-0.2, 0) is 0 Å². The first kappa shape index (κ1) is 10.4. The normalized spacial score (nSPS) is 13.2. The maximum Gasteiger partial charge on any atom is 0.0677 e. The Morgan fingerprint density at radius 3 is 2.62 bits per heavy atom. The summed E-state index contributed by atoms with van der Waals surface area (Å²) in [6, 6.07) is 14.1. The first-order chi connectivity index (χ1) is 7.75. The average molecular weight is 266 g/mol. The van der Waals surface area contributed by atoms with Crippen LogP contribution in [0, 0.1) is 0 Å². The van der Waals surface area contributed by atoms with Crippen molar-refractivity contribution < 1.29 is 0 Å². The van der Waals surface area contributed by atoms with Gasteiger partial charge in [0.15, 0.2) is 0 Å². The number of hydrogen-bond donors (Lipinski definition) is 1. The van der Waals surface area contributed by atoms with Gasteiger partial charge in [-0.15, -0.1) is 0 Å². The van der Waals surface area contributed by atoms with Gasteiger partial charge in [0.1, 0.15) is 0 Å². The fourth-order valence-electron chi connectivity index (χ4n) is 1.71. The fraction of sp³-hybridized carbons (Fsp3) is 0. The van der Waals surface area contributed by atoms with Gasteiger partial charge in [-0.2, -0.15) is 0 Å². The van der Waals surface area contributed by atoms with E-state index in [4.69, 9.17) is 11.6 Å². The predicted molar refractivity (Wildman–Crippen MR) is 73.1 cm³/mol. The minimum atomic E-state index is 0.734. The third-order valence-electron chi connectivity index (χ3n) is 2.46. The monoisotopic (exact) mass is 265 g/mol. The van der Waals surface area contributed by atoms with Gasteiger partial charge in [0, 0.05) is 14.8 Å². The summed E-state index contributed by atoms with van der Waals surface area (Å²) in [6.45, 7) is 0. The van der Waals surface area contributed by atoms with E-state index in [-0.39, 0.29) is 0 Å². The Labute approximate surface area is 109 Å². The van der Waals surface area contributed by atoms with Crippen LogP contribution >= 0.6 is 36.2 Å². The van der Waals surface area contributed by atoms with E-state index in [1.807, 2.05) is 34.6 Å². The molecule has 0 saturated carbocycles. The van der Waals surface area contributed by atoms with Crippen LogP contribution in [0.25, 0.3) is 0 Å². The molecule has 0 atom stereocenters. The summed E-state index contributed by atoms with van der Waals surface area (Å²) in [4.78, 5) is 2.39. The summed E-state index contributed by atoms with van der Waals surface area (Å²) in [7, 11) is 0. The molecule has 0 aliphatic carbocycles. The van der Waals surface area contributed by atoms with Crippen LogP contribution in [0.4, 0.5) is 11.4 Å². The number of halogens is 1. The zero-order valence-corrected chi connectivity index (χ0v) is 10.7. The summed E-state index contributed by atoms with van der Waals surface area (Å²) in [5.41, 5.74) is 2.14. The van der Waals surface area contributed by atoms with Gasteiger partial charge in [-0.1, -0.05) is 48.3 Å². The van der Waals surface area contributed by atoms with Crippen molar-refractivity contribution >= 4 is 47.6 Å². The molecule has 0 N–H and O–H groups in total. The van der Waals surface area contributed by atoms with E-state index in [0.717, 1.165) is 16.4 Å². The second kappa shape index (κ2) is 3.91. The quantitative estimate of drug-likeness (QED) is 0.683. The van der Waals surface area contributed by atoms with Crippen molar-refractivity contribution in [1.82, 2.24) is 0 Å². The van der Waals surface area contributed by atoms with Crippen LogP contribution < -0.4 is 4.31 Å².